The van der Waals surface area contributed by atoms with Crippen molar-refractivity contribution in [2.45, 2.75) is 65.8 Å². The van der Waals surface area contributed by atoms with Crippen LogP contribution in [0.15, 0.2) is 18.3 Å². The molecule has 1 saturated heterocycles. The molecule has 2 heterocycles. The molecule has 0 aromatic carbocycles. The third-order valence-corrected chi connectivity index (χ3v) is 4.11. The summed E-state index contributed by atoms with van der Waals surface area (Å²) in [5, 5.41) is 3.17. The van der Waals surface area contributed by atoms with Crippen LogP contribution in [0.4, 0.5) is 5.82 Å². The summed E-state index contributed by atoms with van der Waals surface area (Å²) in [5.41, 5.74) is 0.639. The van der Waals surface area contributed by atoms with Gasteiger partial charge in [0.15, 0.2) is 0 Å². The average molecular weight is 317 g/mol. The number of anilines is 1. The number of piperidine rings is 1. The fourth-order valence-corrected chi connectivity index (χ4v) is 3.61. The summed E-state index contributed by atoms with van der Waals surface area (Å²) in [4.78, 5) is 19.3. The second-order valence-electron chi connectivity index (χ2n) is 8.53. The third kappa shape index (κ3) is 5.52. The number of carbonyl (C=O) groups excluding carboxylic acids is 1. The summed E-state index contributed by atoms with van der Waals surface area (Å²) < 4.78 is 0. The highest BCUT2D eigenvalue weighted by molar-refractivity contribution is 5.95. The minimum absolute atomic E-state index is 0.0140. The SMILES string of the molecule is CC(C)(C)CC(C)(C)NC(=O)c1ccnc(N2CCCCC2)c1. The highest BCUT2D eigenvalue weighted by atomic mass is 16.1. The number of nitrogens with zero attached hydrogens (tertiary/aromatic N) is 2. The van der Waals surface area contributed by atoms with Gasteiger partial charge in [0.2, 0.25) is 0 Å². The lowest BCUT2D eigenvalue weighted by Gasteiger charge is -2.33. The minimum Gasteiger partial charge on any atom is -0.357 e. The van der Waals surface area contributed by atoms with Crippen LogP contribution in [0.5, 0.6) is 0 Å². The number of nitrogens with one attached hydrogen (secondary N) is 1. The van der Waals surface area contributed by atoms with E-state index in [1.807, 2.05) is 6.07 Å². The Labute approximate surface area is 140 Å². The zero-order valence-corrected chi connectivity index (χ0v) is 15.3. The fraction of sp³-hybridized carbons (Fsp3) is 0.684. The highest BCUT2D eigenvalue weighted by Crippen LogP contribution is 2.27. The molecule has 0 saturated carbocycles. The van der Waals surface area contributed by atoms with Gasteiger partial charge in [-0.05, 0) is 57.1 Å². The monoisotopic (exact) mass is 317 g/mol. The maximum atomic E-state index is 12.6. The van der Waals surface area contributed by atoms with Crippen LogP contribution in [0, 0.1) is 5.41 Å². The minimum atomic E-state index is -0.232. The van der Waals surface area contributed by atoms with E-state index in [1.54, 1.807) is 12.3 Å². The Kier molecular flexibility index (Phi) is 5.33. The molecule has 0 atom stereocenters. The van der Waals surface area contributed by atoms with Crippen molar-refractivity contribution >= 4 is 11.7 Å². The van der Waals surface area contributed by atoms with Crippen LogP contribution in [0.1, 0.15) is 70.7 Å². The van der Waals surface area contributed by atoms with Crippen molar-refractivity contribution in [3.05, 3.63) is 23.9 Å². The van der Waals surface area contributed by atoms with E-state index in [4.69, 9.17) is 0 Å². The molecule has 4 heteroatoms. The second kappa shape index (κ2) is 6.90. The molecule has 128 valence electrons. The van der Waals surface area contributed by atoms with Gasteiger partial charge in [0.1, 0.15) is 5.82 Å². The number of rotatable bonds is 4. The Balaban J connectivity index is 2.07. The summed E-state index contributed by atoms with van der Waals surface area (Å²) in [6, 6.07) is 3.73. The smallest absolute Gasteiger partial charge is 0.251 e. The van der Waals surface area contributed by atoms with E-state index in [9.17, 15) is 4.79 Å². The summed E-state index contributed by atoms with van der Waals surface area (Å²) in [7, 11) is 0. The molecule has 2 rings (SSSR count). The predicted octanol–water partition coefficient (Wildman–Crippen LogP) is 4.02. The molecule has 0 aliphatic carbocycles. The molecule has 0 bridgehead atoms. The summed E-state index contributed by atoms with van der Waals surface area (Å²) >= 11 is 0. The Bertz CT molecular complexity index is 540. The Morgan fingerprint density at radius 1 is 1.17 bits per heavy atom. The molecule has 23 heavy (non-hydrogen) atoms. The number of pyridine rings is 1. The summed E-state index contributed by atoms with van der Waals surface area (Å²) in [5.74, 6) is 0.908. The van der Waals surface area contributed by atoms with Gasteiger partial charge in [-0.1, -0.05) is 20.8 Å². The highest BCUT2D eigenvalue weighted by Gasteiger charge is 2.27. The Morgan fingerprint density at radius 2 is 1.83 bits per heavy atom. The lowest BCUT2D eigenvalue weighted by molar-refractivity contribution is 0.0891. The van der Waals surface area contributed by atoms with Gasteiger partial charge in [-0.25, -0.2) is 4.98 Å². The zero-order valence-electron chi connectivity index (χ0n) is 15.3. The molecule has 0 radical (unpaired) electrons. The van der Waals surface area contributed by atoms with Crippen LogP contribution in [-0.4, -0.2) is 29.5 Å². The van der Waals surface area contributed by atoms with Gasteiger partial charge in [-0.15, -0.1) is 0 Å². The maximum absolute atomic E-state index is 12.6. The first-order chi connectivity index (χ1) is 10.7. The van der Waals surface area contributed by atoms with Gasteiger partial charge >= 0.3 is 0 Å². The molecule has 1 fully saturated rings. The van der Waals surface area contributed by atoms with Crippen molar-refractivity contribution in [2.75, 3.05) is 18.0 Å². The quantitative estimate of drug-likeness (QED) is 0.912. The summed E-state index contributed by atoms with van der Waals surface area (Å²) in [6.45, 7) is 12.8. The summed E-state index contributed by atoms with van der Waals surface area (Å²) in [6.07, 6.45) is 6.37. The van der Waals surface area contributed by atoms with Crippen molar-refractivity contribution in [2.24, 2.45) is 5.41 Å². The fourth-order valence-electron chi connectivity index (χ4n) is 3.61. The van der Waals surface area contributed by atoms with E-state index in [1.165, 1.54) is 19.3 Å². The van der Waals surface area contributed by atoms with Crippen LogP contribution in [0.2, 0.25) is 0 Å². The van der Waals surface area contributed by atoms with E-state index in [-0.39, 0.29) is 16.9 Å². The van der Waals surface area contributed by atoms with Gasteiger partial charge in [0.25, 0.3) is 5.91 Å². The van der Waals surface area contributed by atoms with E-state index >= 15 is 0 Å². The first-order valence-corrected chi connectivity index (χ1v) is 8.70. The lowest BCUT2D eigenvalue weighted by atomic mass is 9.81. The molecule has 1 aromatic rings. The largest absolute Gasteiger partial charge is 0.357 e. The van der Waals surface area contributed by atoms with Crippen molar-refractivity contribution in [3.63, 3.8) is 0 Å². The van der Waals surface area contributed by atoms with Gasteiger partial charge in [-0.2, -0.15) is 0 Å². The van der Waals surface area contributed by atoms with E-state index in [0.29, 0.717) is 5.56 Å². The normalized spacial score (nSPS) is 16.3. The topological polar surface area (TPSA) is 45.2 Å². The average Bonchev–Trinajstić information content (AvgIpc) is 2.45. The number of amides is 1. The molecule has 1 aromatic heterocycles. The predicted molar refractivity (Wildman–Crippen MR) is 95.9 cm³/mol. The van der Waals surface area contributed by atoms with Crippen LogP contribution >= 0.6 is 0 Å². The van der Waals surface area contributed by atoms with Crippen molar-refractivity contribution in [3.8, 4) is 0 Å². The zero-order chi connectivity index (χ0) is 17.1. The first-order valence-electron chi connectivity index (χ1n) is 8.70. The molecule has 1 aliphatic heterocycles. The maximum Gasteiger partial charge on any atom is 0.251 e. The van der Waals surface area contributed by atoms with Gasteiger partial charge in [-0.3, -0.25) is 4.79 Å². The van der Waals surface area contributed by atoms with E-state index in [0.717, 1.165) is 25.3 Å². The van der Waals surface area contributed by atoms with Crippen molar-refractivity contribution < 1.29 is 4.79 Å². The molecule has 0 unspecified atom stereocenters. The van der Waals surface area contributed by atoms with Crippen molar-refractivity contribution in [1.29, 1.82) is 0 Å². The molecular weight excluding hydrogens is 286 g/mol. The second-order valence-corrected chi connectivity index (χ2v) is 8.53. The Hall–Kier alpha value is -1.58. The van der Waals surface area contributed by atoms with Crippen LogP contribution in [0.25, 0.3) is 0 Å². The molecule has 0 spiro atoms. The van der Waals surface area contributed by atoms with Gasteiger partial charge < -0.3 is 10.2 Å². The third-order valence-electron chi connectivity index (χ3n) is 4.11. The molecule has 1 N–H and O–H groups in total. The molecule has 4 nitrogen and oxygen atoms in total. The first kappa shape index (κ1) is 17.8. The number of hydrogen-bond acceptors (Lipinski definition) is 3. The van der Waals surface area contributed by atoms with Crippen LogP contribution < -0.4 is 10.2 Å². The lowest BCUT2D eigenvalue weighted by Crippen LogP contribution is -2.45. The number of carbonyl (C=O) groups is 1. The van der Waals surface area contributed by atoms with Crippen molar-refractivity contribution in [1.82, 2.24) is 10.3 Å². The van der Waals surface area contributed by atoms with Crippen LogP contribution in [-0.2, 0) is 0 Å². The standard InChI is InChI=1S/C19H31N3O/c1-18(2,3)14-19(4,5)21-17(23)15-9-10-20-16(13-15)22-11-7-6-8-12-22/h9-10,13H,6-8,11-12,14H2,1-5H3,(H,21,23). The molecular formula is C19H31N3O. The van der Waals surface area contributed by atoms with E-state index < -0.39 is 0 Å². The molecule has 1 amide bonds. The number of aromatic nitrogens is 1. The number of hydrogen-bond donors (Lipinski definition) is 1. The molecule has 1 aliphatic rings. The Morgan fingerprint density at radius 3 is 2.43 bits per heavy atom. The van der Waals surface area contributed by atoms with E-state index in [2.05, 4.69) is 49.8 Å². The van der Waals surface area contributed by atoms with Crippen LogP contribution in [0.3, 0.4) is 0 Å². The van der Waals surface area contributed by atoms with Gasteiger partial charge in [0, 0.05) is 30.4 Å². The van der Waals surface area contributed by atoms with Gasteiger partial charge in [0.05, 0.1) is 0 Å².